The van der Waals surface area contributed by atoms with Gasteiger partial charge in [0.2, 0.25) is 5.75 Å². The molecular formula is C10H19N5O3. The first-order valence-electron chi connectivity index (χ1n) is 5.38. The Kier molecular flexibility index (Phi) is 6.12. The van der Waals surface area contributed by atoms with Gasteiger partial charge in [-0.2, -0.15) is 0 Å². The van der Waals surface area contributed by atoms with Crippen LogP contribution >= 0.6 is 0 Å². The molecule has 1 atom stereocenters. The van der Waals surface area contributed by atoms with Gasteiger partial charge < -0.3 is 25.0 Å². The molecule has 0 saturated heterocycles. The van der Waals surface area contributed by atoms with Crippen LogP contribution in [0.2, 0.25) is 0 Å². The van der Waals surface area contributed by atoms with E-state index >= 15 is 0 Å². The number of aromatic nitrogens is 2. The van der Waals surface area contributed by atoms with Crippen molar-refractivity contribution in [3.63, 3.8) is 0 Å². The van der Waals surface area contributed by atoms with E-state index < -0.39 is 0 Å². The van der Waals surface area contributed by atoms with Gasteiger partial charge in [0.1, 0.15) is 6.33 Å². The van der Waals surface area contributed by atoms with Crippen LogP contribution in [-0.4, -0.2) is 50.6 Å². The fourth-order valence-corrected chi connectivity index (χ4v) is 1.40. The highest BCUT2D eigenvalue weighted by Gasteiger charge is 2.13. The first-order chi connectivity index (χ1) is 8.76. The van der Waals surface area contributed by atoms with E-state index in [4.69, 9.17) is 20.1 Å². The lowest BCUT2D eigenvalue weighted by Crippen LogP contribution is -2.27. The van der Waals surface area contributed by atoms with Crippen LogP contribution in [0.5, 0.6) is 5.75 Å². The molecule has 1 unspecified atom stereocenters. The summed E-state index contributed by atoms with van der Waals surface area (Å²) in [6, 6.07) is 0. The average Bonchev–Trinajstić information content (AvgIpc) is 2.42. The molecule has 1 aromatic rings. The third-order valence-electron chi connectivity index (χ3n) is 2.33. The lowest BCUT2D eigenvalue weighted by atomic mass is 10.3. The van der Waals surface area contributed by atoms with Gasteiger partial charge in [0.25, 0.3) is 0 Å². The molecule has 0 amide bonds. The molecule has 0 spiro atoms. The van der Waals surface area contributed by atoms with Crippen LogP contribution in [0.1, 0.15) is 0 Å². The SMILES string of the molecule is COCC(CNc1ncnc(NN)c1OC)OC. The van der Waals surface area contributed by atoms with Crippen molar-refractivity contribution in [2.45, 2.75) is 6.10 Å². The zero-order chi connectivity index (χ0) is 13.4. The van der Waals surface area contributed by atoms with Gasteiger partial charge in [-0.3, -0.25) is 0 Å². The molecule has 102 valence electrons. The lowest BCUT2D eigenvalue weighted by molar-refractivity contribution is 0.0365. The minimum atomic E-state index is -0.0797. The Hall–Kier alpha value is -1.64. The maximum absolute atomic E-state index is 5.33. The van der Waals surface area contributed by atoms with Crippen molar-refractivity contribution in [3.05, 3.63) is 6.33 Å². The molecule has 4 N–H and O–H groups in total. The predicted octanol–water partition coefficient (Wildman–Crippen LogP) is -0.156. The summed E-state index contributed by atoms with van der Waals surface area (Å²) in [6.45, 7) is 1.01. The van der Waals surface area contributed by atoms with E-state index in [1.807, 2.05) is 0 Å². The Morgan fingerprint density at radius 2 is 2.00 bits per heavy atom. The standard InChI is InChI=1S/C10H19N5O3/c1-16-5-7(17-2)4-12-9-8(18-3)10(15-11)14-6-13-9/h6-7H,4-5,11H2,1-3H3,(H2,12,13,14,15). The van der Waals surface area contributed by atoms with Crippen LogP contribution in [0, 0.1) is 0 Å². The lowest BCUT2D eigenvalue weighted by Gasteiger charge is -2.17. The molecule has 0 aliphatic heterocycles. The summed E-state index contributed by atoms with van der Waals surface area (Å²) in [6.07, 6.45) is 1.31. The summed E-state index contributed by atoms with van der Waals surface area (Å²) in [5, 5.41) is 3.10. The molecule has 8 nitrogen and oxygen atoms in total. The summed E-state index contributed by atoms with van der Waals surface area (Å²) in [4.78, 5) is 8.03. The van der Waals surface area contributed by atoms with E-state index in [0.29, 0.717) is 30.5 Å². The molecule has 0 fully saturated rings. The highest BCUT2D eigenvalue weighted by molar-refractivity contribution is 5.62. The van der Waals surface area contributed by atoms with Crippen molar-refractivity contribution in [1.82, 2.24) is 9.97 Å². The van der Waals surface area contributed by atoms with Crippen molar-refractivity contribution < 1.29 is 14.2 Å². The fourth-order valence-electron chi connectivity index (χ4n) is 1.40. The maximum atomic E-state index is 5.33. The number of nitrogens with zero attached hydrogens (tertiary/aromatic N) is 2. The van der Waals surface area contributed by atoms with Gasteiger partial charge in [-0.25, -0.2) is 15.8 Å². The minimum Gasteiger partial charge on any atom is -0.490 e. The Morgan fingerprint density at radius 3 is 2.56 bits per heavy atom. The third kappa shape index (κ3) is 3.69. The molecule has 0 aromatic carbocycles. The Morgan fingerprint density at radius 1 is 1.28 bits per heavy atom. The van der Waals surface area contributed by atoms with Crippen LogP contribution in [0.15, 0.2) is 6.33 Å². The smallest absolute Gasteiger partial charge is 0.205 e. The normalized spacial score (nSPS) is 12.0. The Bertz CT molecular complexity index is 363. The summed E-state index contributed by atoms with van der Waals surface area (Å²) in [5.41, 5.74) is 2.44. The number of rotatable bonds is 8. The molecule has 1 heterocycles. The van der Waals surface area contributed by atoms with Gasteiger partial charge in [-0.1, -0.05) is 0 Å². The summed E-state index contributed by atoms with van der Waals surface area (Å²) in [5.74, 6) is 6.74. The van der Waals surface area contributed by atoms with Gasteiger partial charge in [0.15, 0.2) is 11.6 Å². The number of ether oxygens (including phenoxy) is 3. The number of nitrogens with one attached hydrogen (secondary N) is 2. The molecule has 1 aromatic heterocycles. The molecule has 0 aliphatic rings. The van der Waals surface area contributed by atoms with E-state index in [0.717, 1.165) is 0 Å². The van der Waals surface area contributed by atoms with Crippen molar-refractivity contribution >= 4 is 11.6 Å². The number of methoxy groups -OCH3 is 3. The number of nitrogens with two attached hydrogens (primary N) is 1. The van der Waals surface area contributed by atoms with E-state index in [2.05, 4.69) is 20.7 Å². The average molecular weight is 257 g/mol. The maximum Gasteiger partial charge on any atom is 0.205 e. The number of hydrogen-bond acceptors (Lipinski definition) is 8. The number of nitrogen functional groups attached to an aromatic ring is 1. The van der Waals surface area contributed by atoms with E-state index in [1.54, 1.807) is 14.2 Å². The Labute approximate surface area is 106 Å². The summed E-state index contributed by atoms with van der Waals surface area (Å²) < 4.78 is 15.4. The van der Waals surface area contributed by atoms with Crippen LogP contribution in [0.4, 0.5) is 11.6 Å². The first-order valence-corrected chi connectivity index (χ1v) is 5.38. The molecule has 0 bridgehead atoms. The third-order valence-corrected chi connectivity index (χ3v) is 2.33. The van der Waals surface area contributed by atoms with Crippen molar-refractivity contribution in [1.29, 1.82) is 0 Å². The second-order valence-electron chi connectivity index (χ2n) is 3.44. The van der Waals surface area contributed by atoms with Crippen molar-refractivity contribution in [2.24, 2.45) is 5.84 Å². The minimum absolute atomic E-state index is 0.0797. The number of hydrogen-bond donors (Lipinski definition) is 3. The van der Waals surface area contributed by atoms with Crippen molar-refractivity contribution in [3.8, 4) is 5.75 Å². The highest BCUT2D eigenvalue weighted by atomic mass is 16.5. The van der Waals surface area contributed by atoms with Gasteiger partial charge in [0, 0.05) is 20.8 Å². The zero-order valence-corrected chi connectivity index (χ0v) is 10.8. The molecule has 0 aliphatic carbocycles. The molecule has 0 radical (unpaired) electrons. The molecule has 0 saturated carbocycles. The van der Waals surface area contributed by atoms with E-state index in [-0.39, 0.29) is 6.10 Å². The monoisotopic (exact) mass is 257 g/mol. The van der Waals surface area contributed by atoms with Gasteiger partial charge in [0.05, 0.1) is 19.8 Å². The second-order valence-corrected chi connectivity index (χ2v) is 3.44. The quantitative estimate of drug-likeness (QED) is 0.436. The first kappa shape index (κ1) is 14.4. The van der Waals surface area contributed by atoms with Gasteiger partial charge >= 0.3 is 0 Å². The van der Waals surface area contributed by atoms with Gasteiger partial charge in [-0.15, -0.1) is 0 Å². The number of anilines is 2. The largest absolute Gasteiger partial charge is 0.490 e. The number of hydrazine groups is 1. The van der Waals surface area contributed by atoms with Crippen LogP contribution in [0.3, 0.4) is 0 Å². The fraction of sp³-hybridized carbons (Fsp3) is 0.600. The van der Waals surface area contributed by atoms with Crippen molar-refractivity contribution in [2.75, 3.05) is 45.2 Å². The molecule has 18 heavy (non-hydrogen) atoms. The second kappa shape index (κ2) is 7.64. The molecular weight excluding hydrogens is 238 g/mol. The van der Waals surface area contributed by atoms with E-state index in [1.165, 1.54) is 13.4 Å². The topological polar surface area (TPSA) is 104 Å². The Balaban J connectivity index is 2.71. The highest BCUT2D eigenvalue weighted by Crippen LogP contribution is 2.27. The molecule has 8 heteroatoms. The summed E-state index contributed by atoms with van der Waals surface area (Å²) >= 11 is 0. The van der Waals surface area contributed by atoms with Crippen LogP contribution < -0.4 is 21.3 Å². The summed E-state index contributed by atoms with van der Waals surface area (Å²) in [7, 11) is 4.76. The van der Waals surface area contributed by atoms with Crippen LogP contribution in [0.25, 0.3) is 0 Å². The van der Waals surface area contributed by atoms with Crippen LogP contribution in [-0.2, 0) is 9.47 Å². The van der Waals surface area contributed by atoms with Gasteiger partial charge in [-0.05, 0) is 0 Å². The zero-order valence-electron chi connectivity index (χ0n) is 10.8. The van der Waals surface area contributed by atoms with E-state index in [9.17, 15) is 0 Å². The molecule has 1 rings (SSSR count). The predicted molar refractivity (Wildman–Crippen MR) is 67.6 cm³/mol.